The number of benzene rings is 1. The van der Waals surface area contributed by atoms with E-state index in [9.17, 15) is 9.18 Å². The van der Waals surface area contributed by atoms with E-state index in [4.69, 9.17) is 0 Å². The maximum absolute atomic E-state index is 13.2. The highest BCUT2D eigenvalue weighted by molar-refractivity contribution is 9.10. The predicted molar refractivity (Wildman–Crippen MR) is 67.5 cm³/mol. The van der Waals surface area contributed by atoms with Gasteiger partial charge in [0.2, 0.25) is 0 Å². The molecule has 0 aliphatic carbocycles. The van der Waals surface area contributed by atoms with Crippen molar-refractivity contribution in [3.8, 4) is 0 Å². The van der Waals surface area contributed by atoms with Crippen molar-refractivity contribution in [3.05, 3.63) is 34.1 Å². The third-order valence-electron chi connectivity index (χ3n) is 2.92. The molecule has 2 rings (SSSR count). The van der Waals surface area contributed by atoms with Crippen molar-refractivity contribution in [2.24, 2.45) is 0 Å². The molecule has 1 aromatic rings. The second-order valence-electron chi connectivity index (χ2n) is 4.18. The number of nitrogens with one attached hydrogen (secondary N) is 1. The van der Waals surface area contributed by atoms with Crippen LogP contribution in [0.4, 0.5) is 4.39 Å². The first-order valence-corrected chi connectivity index (χ1v) is 6.35. The second kappa shape index (κ2) is 5.14. The Morgan fingerprint density at radius 2 is 2.35 bits per heavy atom. The molecule has 1 aliphatic rings. The number of amides is 1. The summed E-state index contributed by atoms with van der Waals surface area (Å²) in [5.41, 5.74) is 0.388. The Labute approximate surface area is 108 Å². The average molecular weight is 301 g/mol. The van der Waals surface area contributed by atoms with Crippen molar-refractivity contribution >= 4 is 21.8 Å². The highest BCUT2D eigenvalue weighted by Crippen LogP contribution is 2.21. The molecule has 1 heterocycles. The lowest BCUT2D eigenvalue weighted by molar-refractivity contribution is 0.0654. The van der Waals surface area contributed by atoms with Crippen LogP contribution in [0.2, 0.25) is 0 Å². The summed E-state index contributed by atoms with van der Waals surface area (Å²) in [6.07, 6.45) is 0. The van der Waals surface area contributed by atoms with E-state index in [1.165, 1.54) is 12.1 Å². The number of hydrogen-bond donors (Lipinski definition) is 1. The summed E-state index contributed by atoms with van der Waals surface area (Å²) in [6.45, 7) is 4.20. The summed E-state index contributed by atoms with van der Waals surface area (Å²) in [4.78, 5) is 14.1. The van der Waals surface area contributed by atoms with Gasteiger partial charge in [-0.2, -0.15) is 0 Å². The van der Waals surface area contributed by atoms with Crippen LogP contribution in [0, 0.1) is 5.82 Å². The monoisotopic (exact) mass is 300 g/mol. The molecule has 0 saturated carbocycles. The minimum Gasteiger partial charge on any atom is -0.333 e. The molecule has 3 nitrogen and oxygen atoms in total. The molecule has 1 atom stereocenters. The number of rotatable bonds is 1. The molecule has 0 spiro atoms. The average Bonchev–Trinajstić information content (AvgIpc) is 2.32. The number of piperazine rings is 1. The lowest BCUT2D eigenvalue weighted by atomic mass is 10.1. The quantitative estimate of drug-likeness (QED) is 0.861. The third kappa shape index (κ3) is 2.66. The van der Waals surface area contributed by atoms with Crippen molar-refractivity contribution in [1.29, 1.82) is 0 Å². The first kappa shape index (κ1) is 12.5. The molecule has 1 saturated heterocycles. The smallest absolute Gasteiger partial charge is 0.255 e. The van der Waals surface area contributed by atoms with E-state index < -0.39 is 0 Å². The van der Waals surface area contributed by atoms with E-state index >= 15 is 0 Å². The van der Waals surface area contributed by atoms with Crippen LogP contribution in [0.15, 0.2) is 22.7 Å². The van der Waals surface area contributed by atoms with Crippen molar-refractivity contribution in [3.63, 3.8) is 0 Å². The van der Waals surface area contributed by atoms with Crippen LogP contribution in [0.5, 0.6) is 0 Å². The summed E-state index contributed by atoms with van der Waals surface area (Å²) in [5.74, 6) is -0.510. The van der Waals surface area contributed by atoms with Crippen LogP contribution < -0.4 is 5.32 Å². The zero-order chi connectivity index (χ0) is 12.4. The van der Waals surface area contributed by atoms with Gasteiger partial charge in [-0.1, -0.05) is 0 Å². The van der Waals surface area contributed by atoms with Gasteiger partial charge >= 0.3 is 0 Å². The Hall–Kier alpha value is -0.940. The van der Waals surface area contributed by atoms with Crippen LogP contribution in [-0.4, -0.2) is 36.5 Å². The summed E-state index contributed by atoms with van der Waals surface area (Å²) >= 11 is 3.29. The van der Waals surface area contributed by atoms with E-state index in [1.807, 2.05) is 6.92 Å². The van der Waals surface area contributed by atoms with Gasteiger partial charge < -0.3 is 10.2 Å². The number of halogens is 2. The summed E-state index contributed by atoms with van der Waals surface area (Å²) in [6, 6.07) is 4.31. The number of hydrogen-bond acceptors (Lipinski definition) is 2. The molecule has 0 bridgehead atoms. The molecular weight excluding hydrogens is 287 g/mol. The van der Waals surface area contributed by atoms with Crippen LogP contribution >= 0.6 is 15.9 Å². The molecule has 1 aliphatic heterocycles. The van der Waals surface area contributed by atoms with Crippen molar-refractivity contribution in [1.82, 2.24) is 10.2 Å². The largest absolute Gasteiger partial charge is 0.333 e. The van der Waals surface area contributed by atoms with E-state index in [2.05, 4.69) is 21.2 Å². The molecule has 1 fully saturated rings. The van der Waals surface area contributed by atoms with Gasteiger partial charge in [-0.05, 0) is 41.1 Å². The summed E-state index contributed by atoms with van der Waals surface area (Å²) in [7, 11) is 0. The number of carbonyl (C=O) groups is 1. The van der Waals surface area contributed by atoms with E-state index in [0.29, 0.717) is 16.6 Å². The van der Waals surface area contributed by atoms with Crippen molar-refractivity contribution < 1.29 is 9.18 Å². The molecular formula is C12H14BrFN2O. The first-order chi connectivity index (χ1) is 8.09. The maximum atomic E-state index is 13.2. The van der Waals surface area contributed by atoms with Crippen LogP contribution in [0.25, 0.3) is 0 Å². The van der Waals surface area contributed by atoms with Gasteiger partial charge in [-0.15, -0.1) is 0 Å². The molecule has 0 unspecified atom stereocenters. The topological polar surface area (TPSA) is 32.3 Å². The summed E-state index contributed by atoms with van der Waals surface area (Å²) in [5, 5.41) is 3.22. The fraction of sp³-hybridized carbons (Fsp3) is 0.417. The van der Waals surface area contributed by atoms with Gasteiger partial charge in [0.15, 0.2) is 0 Å². The number of nitrogens with zero attached hydrogens (tertiary/aromatic N) is 1. The van der Waals surface area contributed by atoms with Crippen LogP contribution in [0.1, 0.15) is 17.3 Å². The van der Waals surface area contributed by atoms with Gasteiger partial charge in [0.25, 0.3) is 5.91 Å². The third-order valence-corrected chi connectivity index (χ3v) is 3.61. The molecule has 5 heteroatoms. The Bertz CT molecular complexity index is 439. The first-order valence-electron chi connectivity index (χ1n) is 5.56. The molecule has 1 aromatic carbocycles. The minimum atomic E-state index is -0.390. The Morgan fingerprint density at radius 3 is 3.06 bits per heavy atom. The van der Waals surface area contributed by atoms with Crippen molar-refractivity contribution in [2.45, 2.75) is 13.0 Å². The lowest BCUT2D eigenvalue weighted by Gasteiger charge is -2.34. The van der Waals surface area contributed by atoms with Gasteiger partial charge in [0.1, 0.15) is 5.82 Å². The van der Waals surface area contributed by atoms with E-state index in [0.717, 1.165) is 13.1 Å². The standard InChI is InChI=1S/C12H14BrFN2O/c1-8-7-15-4-5-16(8)12(17)10-6-9(14)2-3-11(10)13/h2-3,6,8,15H,4-5,7H2,1H3/t8-/m1/s1. The zero-order valence-electron chi connectivity index (χ0n) is 9.54. The Balaban J connectivity index is 2.26. The van der Waals surface area contributed by atoms with E-state index in [-0.39, 0.29) is 17.8 Å². The maximum Gasteiger partial charge on any atom is 0.255 e. The Morgan fingerprint density at radius 1 is 1.59 bits per heavy atom. The normalized spacial score (nSPS) is 20.4. The fourth-order valence-corrected chi connectivity index (χ4v) is 2.38. The minimum absolute atomic E-state index is 0.120. The van der Waals surface area contributed by atoms with E-state index in [1.54, 1.807) is 11.0 Å². The molecule has 0 aromatic heterocycles. The number of carbonyl (C=O) groups excluding carboxylic acids is 1. The van der Waals surface area contributed by atoms with Crippen LogP contribution in [-0.2, 0) is 0 Å². The Kier molecular flexibility index (Phi) is 3.79. The van der Waals surface area contributed by atoms with Gasteiger partial charge in [0, 0.05) is 30.1 Å². The molecule has 1 amide bonds. The summed E-state index contributed by atoms with van der Waals surface area (Å²) < 4.78 is 13.8. The van der Waals surface area contributed by atoms with Gasteiger partial charge in [-0.3, -0.25) is 4.79 Å². The molecule has 17 heavy (non-hydrogen) atoms. The SMILES string of the molecule is C[C@@H]1CNCCN1C(=O)c1cc(F)ccc1Br. The highest BCUT2D eigenvalue weighted by atomic mass is 79.9. The van der Waals surface area contributed by atoms with Gasteiger partial charge in [0.05, 0.1) is 5.56 Å². The van der Waals surface area contributed by atoms with Crippen LogP contribution in [0.3, 0.4) is 0 Å². The molecule has 92 valence electrons. The van der Waals surface area contributed by atoms with Gasteiger partial charge in [-0.25, -0.2) is 4.39 Å². The zero-order valence-corrected chi connectivity index (χ0v) is 11.1. The molecule has 1 N–H and O–H groups in total. The predicted octanol–water partition coefficient (Wildman–Crippen LogP) is 2.02. The molecule has 0 radical (unpaired) electrons. The second-order valence-corrected chi connectivity index (χ2v) is 5.03. The fourth-order valence-electron chi connectivity index (χ4n) is 1.96. The van der Waals surface area contributed by atoms with Crippen molar-refractivity contribution in [2.75, 3.05) is 19.6 Å². The highest BCUT2D eigenvalue weighted by Gasteiger charge is 2.25. The lowest BCUT2D eigenvalue weighted by Crippen LogP contribution is -2.52.